The molecule has 0 radical (unpaired) electrons. The number of carbonyl (C=O) groups is 2. The van der Waals surface area contributed by atoms with Crippen LogP contribution in [0.2, 0.25) is 5.02 Å². The Kier molecular flexibility index (Phi) is 8.55. The number of benzene rings is 2. The molecule has 0 aliphatic carbocycles. The van der Waals surface area contributed by atoms with E-state index in [1.165, 1.54) is 40.7 Å². The molecule has 0 saturated carbocycles. The largest absolute Gasteiger partial charge is 0.452 e. The summed E-state index contributed by atoms with van der Waals surface area (Å²) in [6.45, 7) is 5.02. The lowest BCUT2D eigenvalue weighted by molar-refractivity contribution is -0.124. The van der Waals surface area contributed by atoms with Crippen molar-refractivity contribution in [1.29, 1.82) is 0 Å². The molecule has 7 nitrogen and oxygen atoms in total. The fraction of sp³-hybridized carbons (Fsp3) is 0.333. The summed E-state index contributed by atoms with van der Waals surface area (Å²) in [6, 6.07) is 8.97. The van der Waals surface area contributed by atoms with Crippen molar-refractivity contribution in [1.82, 2.24) is 9.62 Å². The van der Waals surface area contributed by atoms with E-state index in [2.05, 4.69) is 5.32 Å². The SMILES string of the molecule is CCN(CC)S(=O)(=O)c1cc(C(=O)OCC(=O)N[C@@H](C)c2ccc(F)cc2)ccc1Cl. The van der Waals surface area contributed by atoms with Crippen LogP contribution in [0.15, 0.2) is 47.4 Å². The molecule has 0 unspecified atom stereocenters. The molecular formula is C21H24ClFN2O5S. The monoisotopic (exact) mass is 470 g/mol. The Morgan fingerprint density at radius 3 is 2.32 bits per heavy atom. The molecule has 0 aliphatic heterocycles. The Balaban J connectivity index is 2.05. The van der Waals surface area contributed by atoms with Crippen LogP contribution in [-0.4, -0.2) is 44.3 Å². The third kappa shape index (κ3) is 6.25. The molecule has 2 rings (SSSR count). The number of hydrogen-bond donors (Lipinski definition) is 1. The standard InChI is InChI=1S/C21H24ClFN2O5S/c1-4-25(5-2)31(28,29)19-12-16(8-11-18(19)22)21(27)30-13-20(26)24-14(3)15-6-9-17(23)10-7-15/h6-12,14H,4-5,13H2,1-3H3,(H,24,26)/t14-/m0/s1. The van der Waals surface area contributed by atoms with Crippen LogP contribution in [0, 0.1) is 5.82 Å². The normalized spacial score (nSPS) is 12.5. The summed E-state index contributed by atoms with van der Waals surface area (Å²) in [5.41, 5.74) is 0.638. The maximum Gasteiger partial charge on any atom is 0.338 e. The Labute approximate surface area is 186 Å². The summed E-state index contributed by atoms with van der Waals surface area (Å²) in [6.07, 6.45) is 0. The molecule has 2 aromatic carbocycles. The molecular weight excluding hydrogens is 447 g/mol. The Morgan fingerprint density at radius 1 is 1.13 bits per heavy atom. The van der Waals surface area contributed by atoms with Gasteiger partial charge in [0.15, 0.2) is 6.61 Å². The van der Waals surface area contributed by atoms with Gasteiger partial charge in [0.25, 0.3) is 5.91 Å². The van der Waals surface area contributed by atoms with Crippen molar-refractivity contribution < 1.29 is 27.1 Å². The van der Waals surface area contributed by atoms with Gasteiger partial charge in [-0.1, -0.05) is 37.6 Å². The summed E-state index contributed by atoms with van der Waals surface area (Å²) in [4.78, 5) is 24.2. The van der Waals surface area contributed by atoms with Crippen LogP contribution < -0.4 is 5.32 Å². The van der Waals surface area contributed by atoms with Crippen LogP contribution in [0.4, 0.5) is 4.39 Å². The van der Waals surface area contributed by atoms with E-state index < -0.39 is 34.5 Å². The average molecular weight is 471 g/mol. The predicted octanol–water partition coefficient (Wildman–Crippen LogP) is 3.54. The van der Waals surface area contributed by atoms with E-state index in [1.807, 2.05) is 0 Å². The number of rotatable bonds is 9. The number of hydrogen-bond acceptors (Lipinski definition) is 5. The van der Waals surface area contributed by atoms with Gasteiger partial charge < -0.3 is 10.1 Å². The third-order valence-electron chi connectivity index (χ3n) is 4.57. The second kappa shape index (κ2) is 10.7. The van der Waals surface area contributed by atoms with Crippen molar-refractivity contribution in [2.75, 3.05) is 19.7 Å². The Hall–Kier alpha value is -2.49. The summed E-state index contributed by atoms with van der Waals surface area (Å²) in [7, 11) is -3.88. The Morgan fingerprint density at radius 2 is 1.74 bits per heavy atom. The minimum atomic E-state index is -3.88. The highest BCUT2D eigenvalue weighted by Crippen LogP contribution is 2.26. The van der Waals surface area contributed by atoms with Gasteiger partial charge in [-0.2, -0.15) is 4.31 Å². The zero-order valence-electron chi connectivity index (χ0n) is 17.4. The molecule has 2 aromatic rings. The van der Waals surface area contributed by atoms with Crippen LogP contribution in [0.5, 0.6) is 0 Å². The number of nitrogens with zero attached hydrogens (tertiary/aromatic N) is 1. The maximum absolute atomic E-state index is 13.0. The van der Waals surface area contributed by atoms with Crippen molar-refractivity contribution in [3.63, 3.8) is 0 Å². The van der Waals surface area contributed by atoms with Crippen LogP contribution in [0.3, 0.4) is 0 Å². The summed E-state index contributed by atoms with van der Waals surface area (Å²) < 4.78 is 44.7. The molecule has 0 fully saturated rings. The predicted molar refractivity (Wildman–Crippen MR) is 115 cm³/mol. The van der Waals surface area contributed by atoms with E-state index in [-0.39, 0.29) is 34.4 Å². The second-order valence-electron chi connectivity index (χ2n) is 6.65. The van der Waals surface area contributed by atoms with Gasteiger partial charge in [-0.3, -0.25) is 4.79 Å². The molecule has 31 heavy (non-hydrogen) atoms. The highest BCUT2D eigenvalue weighted by Gasteiger charge is 2.26. The molecule has 1 atom stereocenters. The lowest BCUT2D eigenvalue weighted by atomic mass is 10.1. The van der Waals surface area contributed by atoms with Gasteiger partial charge >= 0.3 is 5.97 Å². The first kappa shape index (κ1) is 24.8. The number of esters is 1. The minimum Gasteiger partial charge on any atom is -0.452 e. The molecule has 1 N–H and O–H groups in total. The molecule has 10 heteroatoms. The van der Waals surface area contributed by atoms with Gasteiger partial charge in [0.05, 0.1) is 16.6 Å². The fourth-order valence-electron chi connectivity index (χ4n) is 2.86. The number of amides is 1. The molecule has 168 valence electrons. The highest BCUT2D eigenvalue weighted by atomic mass is 35.5. The van der Waals surface area contributed by atoms with E-state index in [0.717, 1.165) is 6.07 Å². The van der Waals surface area contributed by atoms with Gasteiger partial charge in [0.2, 0.25) is 10.0 Å². The van der Waals surface area contributed by atoms with E-state index in [4.69, 9.17) is 16.3 Å². The van der Waals surface area contributed by atoms with Crippen LogP contribution in [-0.2, 0) is 19.6 Å². The van der Waals surface area contributed by atoms with Gasteiger partial charge in [-0.15, -0.1) is 0 Å². The molecule has 0 saturated heterocycles. The van der Waals surface area contributed by atoms with Gasteiger partial charge in [0.1, 0.15) is 10.7 Å². The fourth-order valence-corrected chi connectivity index (χ4v) is 4.82. The number of sulfonamides is 1. The molecule has 0 bridgehead atoms. The lowest BCUT2D eigenvalue weighted by Gasteiger charge is -2.19. The van der Waals surface area contributed by atoms with E-state index in [0.29, 0.717) is 5.56 Å². The highest BCUT2D eigenvalue weighted by molar-refractivity contribution is 7.89. The maximum atomic E-state index is 13.0. The molecule has 0 spiro atoms. The smallest absolute Gasteiger partial charge is 0.338 e. The quantitative estimate of drug-likeness (QED) is 0.566. The topological polar surface area (TPSA) is 92.8 Å². The van der Waals surface area contributed by atoms with Gasteiger partial charge in [0, 0.05) is 13.1 Å². The first-order valence-electron chi connectivity index (χ1n) is 9.61. The number of ether oxygens (including phenoxy) is 1. The van der Waals surface area contributed by atoms with Crippen LogP contribution in [0.25, 0.3) is 0 Å². The van der Waals surface area contributed by atoms with Gasteiger partial charge in [-0.05, 0) is 42.8 Å². The Bertz CT molecular complexity index is 1040. The van der Waals surface area contributed by atoms with E-state index >= 15 is 0 Å². The second-order valence-corrected chi connectivity index (χ2v) is 8.96. The lowest BCUT2D eigenvalue weighted by Crippen LogP contribution is -2.31. The van der Waals surface area contributed by atoms with E-state index in [1.54, 1.807) is 20.8 Å². The summed E-state index contributed by atoms with van der Waals surface area (Å²) >= 11 is 6.05. The number of carbonyl (C=O) groups excluding carboxylic acids is 2. The van der Waals surface area contributed by atoms with E-state index in [9.17, 15) is 22.4 Å². The average Bonchev–Trinajstić information content (AvgIpc) is 2.73. The van der Waals surface area contributed by atoms with Gasteiger partial charge in [-0.25, -0.2) is 17.6 Å². The number of nitrogens with one attached hydrogen (secondary N) is 1. The first-order chi connectivity index (χ1) is 14.6. The molecule has 0 aliphatic rings. The van der Waals surface area contributed by atoms with Crippen LogP contribution >= 0.6 is 11.6 Å². The minimum absolute atomic E-state index is 0.0192. The summed E-state index contributed by atoms with van der Waals surface area (Å²) in [5.74, 6) is -1.81. The number of halogens is 2. The van der Waals surface area contributed by atoms with Crippen LogP contribution in [0.1, 0.15) is 42.7 Å². The van der Waals surface area contributed by atoms with Crippen molar-refractivity contribution >= 4 is 33.5 Å². The summed E-state index contributed by atoms with van der Waals surface area (Å²) in [5, 5.41) is 2.62. The van der Waals surface area contributed by atoms with Crippen molar-refractivity contribution in [2.24, 2.45) is 0 Å². The van der Waals surface area contributed by atoms with Crippen molar-refractivity contribution in [3.8, 4) is 0 Å². The van der Waals surface area contributed by atoms with Crippen molar-refractivity contribution in [2.45, 2.75) is 31.7 Å². The molecule has 0 aromatic heterocycles. The third-order valence-corrected chi connectivity index (χ3v) is 7.10. The molecule has 0 heterocycles. The zero-order chi connectivity index (χ0) is 23.2. The zero-order valence-corrected chi connectivity index (χ0v) is 19.0. The first-order valence-corrected chi connectivity index (χ1v) is 11.4. The van der Waals surface area contributed by atoms with Crippen molar-refractivity contribution in [3.05, 3.63) is 64.4 Å². The molecule has 1 amide bonds.